The van der Waals surface area contributed by atoms with Gasteiger partial charge in [-0.1, -0.05) is 42.4 Å². The monoisotopic (exact) mass is 430 g/mol. The standard InChI is InChI=1S/C21H23ClN4O2S/c1-3-15-4-10-18(11-5-15)26-20(16-6-8-17(22)9-7-16)24-25-21(26)29-14-19(27)23-12-13-28-2/h4-11H,3,12-14H2,1-2H3,(H,23,27). The van der Waals surface area contributed by atoms with Gasteiger partial charge in [0.25, 0.3) is 0 Å². The Hall–Kier alpha value is -2.35. The predicted octanol–water partition coefficient (Wildman–Crippen LogP) is 4.00. The Kier molecular flexibility index (Phi) is 7.69. The van der Waals surface area contributed by atoms with Gasteiger partial charge in [-0.25, -0.2) is 0 Å². The SMILES string of the molecule is CCc1ccc(-n2c(SCC(=O)NCCOC)nnc2-c2ccc(Cl)cc2)cc1. The van der Waals surface area contributed by atoms with Gasteiger partial charge in [0.05, 0.1) is 12.4 Å². The van der Waals surface area contributed by atoms with Crippen molar-refractivity contribution in [1.82, 2.24) is 20.1 Å². The molecular weight excluding hydrogens is 408 g/mol. The van der Waals surface area contributed by atoms with Crippen LogP contribution in [0.1, 0.15) is 12.5 Å². The minimum absolute atomic E-state index is 0.0732. The van der Waals surface area contributed by atoms with Crippen molar-refractivity contribution in [3.8, 4) is 17.1 Å². The largest absolute Gasteiger partial charge is 0.383 e. The minimum Gasteiger partial charge on any atom is -0.383 e. The zero-order chi connectivity index (χ0) is 20.6. The van der Waals surface area contributed by atoms with Crippen molar-refractivity contribution in [2.24, 2.45) is 0 Å². The van der Waals surface area contributed by atoms with E-state index in [1.54, 1.807) is 7.11 Å². The van der Waals surface area contributed by atoms with Gasteiger partial charge in [-0.2, -0.15) is 0 Å². The third-order valence-corrected chi connectivity index (χ3v) is 5.48. The second kappa shape index (κ2) is 10.4. The molecule has 1 aromatic heterocycles. The summed E-state index contributed by atoms with van der Waals surface area (Å²) in [6, 6.07) is 15.7. The zero-order valence-corrected chi connectivity index (χ0v) is 18.0. The number of hydrogen-bond donors (Lipinski definition) is 1. The van der Waals surface area contributed by atoms with Gasteiger partial charge in [-0.15, -0.1) is 10.2 Å². The molecule has 1 amide bonds. The fraction of sp³-hybridized carbons (Fsp3) is 0.286. The van der Waals surface area contributed by atoms with E-state index in [1.807, 2.05) is 41.0 Å². The van der Waals surface area contributed by atoms with E-state index in [1.165, 1.54) is 17.3 Å². The first-order valence-corrected chi connectivity index (χ1v) is 10.7. The molecule has 0 aliphatic carbocycles. The first-order chi connectivity index (χ1) is 14.1. The molecule has 29 heavy (non-hydrogen) atoms. The number of carbonyl (C=O) groups excluding carboxylic acids is 1. The lowest BCUT2D eigenvalue weighted by Gasteiger charge is -2.11. The van der Waals surface area contributed by atoms with E-state index in [0.29, 0.717) is 29.2 Å². The Morgan fingerprint density at radius 1 is 1.14 bits per heavy atom. The summed E-state index contributed by atoms with van der Waals surface area (Å²) in [7, 11) is 1.60. The maximum absolute atomic E-state index is 12.1. The van der Waals surface area contributed by atoms with Gasteiger partial charge in [0.2, 0.25) is 5.91 Å². The van der Waals surface area contributed by atoms with Gasteiger partial charge in [-0.3, -0.25) is 9.36 Å². The topological polar surface area (TPSA) is 69.0 Å². The molecule has 1 heterocycles. The number of hydrogen-bond acceptors (Lipinski definition) is 5. The number of nitrogens with one attached hydrogen (secondary N) is 1. The minimum atomic E-state index is -0.0732. The quantitative estimate of drug-likeness (QED) is 0.410. The lowest BCUT2D eigenvalue weighted by atomic mass is 10.1. The fourth-order valence-electron chi connectivity index (χ4n) is 2.74. The van der Waals surface area contributed by atoms with E-state index in [0.717, 1.165) is 17.7 Å². The van der Waals surface area contributed by atoms with E-state index in [9.17, 15) is 4.79 Å². The Bertz CT molecular complexity index is 942. The van der Waals surface area contributed by atoms with Crippen molar-refractivity contribution in [2.75, 3.05) is 26.0 Å². The number of nitrogens with zero attached hydrogens (tertiary/aromatic N) is 3. The van der Waals surface area contributed by atoms with E-state index < -0.39 is 0 Å². The van der Waals surface area contributed by atoms with Crippen LogP contribution in [0.15, 0.2) is 53.7 Å². The van der Waals surface area contributed by atoms with Crippen LogP contribution in [0, 0.1) is 0 Å². The lowest BCUT2D eigenvalue weighted by Crippen LogP contribution is -2.28. The number of aryl methyl sites for hydroxylation is 1. The van der Waals surface area contributed by atoms with Crippen LogP contribution in [0.25, 0.3) is 17.1 Å². The van der Waals surface area contributed by atoms with Crippen LogP contribution in [0.2, 0.25) is 5.02 Å². The average Bonchev–Trinajstić information content (AvgIpc) is 3.17. The third-order valence-electron chi connectivity index (χ3n) is 4.30. The first-order valence-electron chi connectivity index (χ1n) is 9.31. The molecule has 0 atom stereocenters. The highest BCUT2D eigenvalue weighted by molar-refractivity contribution is 7.99. The number of methoxy groups -OCH3 is 1. The van der Waals surface area contributed by atoms with Crippen LogP contribution in [-0.2, 0) is 16.0 Å². The molecule has 1 N–H and O–H groups in total. The molecule has 0 aliphatic rings. The molecule has 0 aliphatic heterocycles. The molecule has 0 saturated carbocycles. The summed E-state index contributed by atoms with van der Waals surface area (Å²) < 4.78 is 6.92. The third kappa shape index (κ3) is 5.59. The molecule has 0 bridgehead atoms. The highest BCUT2D eigenvalue weighted by Crippen LogP contribution is 2.28. The summed E-state index contributed by atoms with van der Waals surface area (Å²) in [6.07, 6.45) is 0.968. The van der Waals surface area contributed by atoms with Gasteiger partial charge in [0, 0.05) is 29.9 Å². The van der Waals surface area contributed by atoms with Crippen molar-refractivity contribution in [3.05, 3.63) is 59.1 Å². The molecule has 0 fully saturated rings. The summed E-state index contributed by atoms with van der Waals surface area (Å²) in [6.45, 7) is 3.09. The maximum atomic E-state index is 12.1. The van der Waals surface area contributed by atoms with Crippen LogP contribution in [-0.4, -0.2) is 46.7 Å². The van der Waals surface area contributed by atoms with Crippen molar-refractivity contribution in [1.29, 1.82) is 0 Å². The number of aromatic nitrogens is 3. The van der Waals surface area contributed by atoms with Crippen LogP contribution >= 0.6 is 23.4 Å². The summed E-state index contributed by atoms with van der Waals surface area (Å²) in [5, 5.41) is 12.9. The van der Waals surface area contributed by atoms with Crippen LogP contribution in [0.5, 0.6) is 0 Å². The van der Waals surface area contributed by atoms with Gasteiger partial charge in [0.15, 0.2) is 11.0 Å². The van der Waals surface area contributed by atoms with Crippen LogP contribution < -0.4 is 5.32 Å². The smallest absolute Gasteiger partial charge is 0.230 e. The highest BCUT2D eigenvalue weighted by atomic mass is 35.5. The number of ether oxygens (including phenoxy) is 1. The Balaban J connectivity index is 1.89. The summed E-state index contributed by atoms with van der Waals surface area (Å²) >= 11 is 7.38. The molecule has 6 nitrogen and oxygen atoms in total. The Morgan fingerprint density at radius 3 is 2.52 bits per heavy atom. The predicted molar refractivity (Wildman–Crippen MR) is 117 cm³/mol. The molecule has 0 unspecified atom stereocenters. The molecule has 3 aromatic rings. The molecule has 0 saturated heterocycles. The molecule has 8 heteroatoms. The molecule has 152 valence electrons. The van der Waals surface area contributed by atoms with Gasteiger partial charge in [-0.05, 0) is 48.4 Å². The van der Waals surface area contributed by atoms with E-state index in [-0.39, 0.29) is 11.7 Å². The van der Waals surface area contributed by atoms with Crippen molar-refractivity contribution in [2.45, 2.75) is 18.5 Å². The number of benzene rings is 2. The number of thioether (sulfide) groups is 1. The number of carbonyl (C=O) groups is 1. The fourth-order valence-corrected chi connectivity index (χ4v) is 3.64. The van der Waals surface area contributed by atoms with E-state index in [2.05, 4.69) is 34.6 Å². The van der Waals surface area contributed by atoms with E-state index in [4.69, 9.17) is 16.3 Å². The van der Waals surface area contributed by atoms with Crippen LogP contribution in [0.3, 0.4) is 0 Å². The zero-order valence-electron chi connectivity index (χ0n) is 16.4. The molecule has 0 radical (unpaired) electrons. The number of rotatable bonds is 9. The Morgan fingerprint density at radius 2 is 1.86 bits per heavy atom. The van der Waals surface area contributed by atoms with Gasteiger partial charge < -0.3 is 10.1 Å². The van der Waals surface area contributed by atoms with Crippen molar-refractivity contribution < 1.29 is 9.53 Å². The molecule has 0 spiro atoms. The van der Waals surface area contributed by atoms with Crippen molar-refractivity contribution >= 4 is 29.3 Å². The summed E-state index contributed by atoms with van der Waals surface area (Å²) in [4.78, 5) is 12.1. The number of halogens is 1. The van der Waals surface area contributed by atoms with E-state index >= 15 is 0 Å². The second-order valence-electron chi connectivity index (χ2n) is 6.30. The number of amides is 1. The summed E-state index contributed by atoms with van der Waals surface area (Å²) in [5.74, 6) is 0.874. The lowest BCUT2D eigenvalue weighted by molar-refractivity contribution is -0.118. The molecule has 2 aromatic carbocycles. The summed E-state index contributed by atoms with van der Waals surface area (Å²) in [5.41, 5.74) is 3.10. The first kappa shape index (κ1) is 21.4. The second-order valence-corrected chi connectivity index (χ2v) is 7.68. The Labute approximate surface area is 179 Å². The van der Waals surface area contributed by atoms with Gasteiger partial charge in [0.1, 0.15) is 0 Å². The van der Waals surface area contributed by atoms with Crippen LogP contribution in [0.4, 0.5) is 0 Å². The molecule has 3 rings (SSSR count). The average molecular weight is 431 g/mol. The normalized spacial score (nSPS) is 10.9. The van der Waals surface area contributed by atoms with Gasteiger partial charge >= 0.3 is 0 Å². The maximum Gasteiger partial charge on any atom is 0.230 e. The van der Waals surface area contributed by atoms with Crippen molar-refractivity contribution in [3.63, 3.8) is 0 Å². The highest BCUT2D eigenvalue weighted by Gasteiger charge is 2.17. The molecular formula is C21H23ClN4O2S.